The standard InChI is InChI=1S/C4H7N5O2/c1-2-5-3(10)9-4(11)6-7-8-9/h2H2,1H3,(H,5,10)(H,6,8,11). The van der Waals surface area contributed by atoms with Gasteiger partial charge in [-0.25, -0.2) is 14.7 Å². The first-order chi connectivity index (χ1) is 5.25. The van der Waals surface area contributed by atoms with Crippen LogP contribution >= 0.6 is 0 Å². The van der Waals surface area contributed by atoms with Gasteiger partial charge in [-0.2, -0.15) is 0 Å². The third-order valence-corrected chi connectivity index (χ3v) is 0.993. The number of rotatable bonds is 1. The summed E-state index contributed by atoms with van der Waals surface area (Å²) < 4.78 is 0.615. The van der Waals surface area contributed by atoms with Crippen LogP contribution in [-0.4, -0.2) is 32.8 Å². The van der Waals surface area contributed by atoms with Crippen LogP contribution in [0.1, 0.15) is 6.92 Å². The Morgan fingerprint density at radius 3 is 3.00 bits per heavy atom. The molecule has 0 saturated carbocycles. The third-order valence-electron chi connectivity index (χ3n) is 0.993. The molecule has 0 aliphatic rings. The SMILES string of the molecule is CCNC(=O)n1nn[nH]c1=O. The maximum atomic E-state index is 10.9. The van der Waals surface area contributed by atoms with E-state index in [1.807, 2.05) is 5.10 Å². The Labute approximate surface area is 61.4 Å². The number of tetrazole rings is 1. The lowest BCUT2D eigenvalue weighted by Crippen LogP contribution is -2.35. The van der Waals surface area contributed by atoms with Gasteiger partial charge in [-0.1, -0.05) is 0 Å². The van der Waals surface area contributed by atoms with Crippen molar-refractivity contribution >= 4 is 6.03 Å². The Hall–Kier alpha value is -1.66. The molecule has 0 atom stereocenters. The second-order valence-corrected chi connectivity index (χ2v) is 1.75. The molecule has 11 heavy (non-hydrogen) atoms. The molecule has 1 heterocycles. The molecule has 0 spiro atoms. The van der Waals surface area contributed by atoms with Gasteiger partial charge < -0.3 is 5.32 Å². The highest BCUT2D eigenvalue weighted by Crippen LogP contribution is 1.68. The van der Waals surface area contributed by atoms with E-state index in [9.17, 15) is 9.59 Å². The normalized spacial score (nSPS) is 9.55. The molecule has 1 aromatic heterocycles. The molecule has 0 aliphatic carbocycles. The van der Waals surface area contributed by atoms with E-state index in [1.54, 1.807) is 6.92 Å². The largest absolute Gasteiger partial charge is 0.369 e. The van der Waals surface area contributed by atoms with Gasteiger partial charge in [0.1, 0.15) is 0 Å². The van der Waals surface area contributed by atoms with Crippen LogP contribution in [0, 0.1) is 0 Å². The Kier molecular flexibility index (Phi) is 2.00. The second kappa shape index (κ2) is 2.95. The minimum atomic E-state index is -0.643. The first-order valence-corrected chi connectivity index (χ1v) is 3.04. The monoisotopic (exact) mass is 157 g/mol. The summed E-state index contributed by atoms with van der Waals surface area (Å²) >= 11 is 0. The number of nitrogens with zero attached hydrogens (tertiary/aromatic N) is 3. The Bertz CT molecular complexity index is 299. The first kappa shape index (κ1) is 7.45. The van der Waals surface area contributed by atoms with Crippen molar-refractivity contribution < 1.29 is 4.79 Å². The summed E-state index contributed by atoms with van der Waals surface area (Å²) in [5.41, 5.74) is -0.643. The lowest BCUT2D eigenvalue weighted by molar-refractivity contribution is 0.239. The quantitative estimate of drug-likeness (QED) is 0.487. The molecule has 0 bridgehead atoms. The molecule has 0 aliphatic heterocycles. The van der Waals surface area contributed by atoms with Gasteiger partial charge in [-0.15, -0.1) is 4.68 Å². The van der Waals surface area contributed by atoms with Crippen LogP contribution < -0.4 is 11.0 Å². The van der Waals surface area contributed by atoms with Crippen LogP contribution in [0.15, 0.2) is 4.79 Å². The van der Waals surface area contributed by atoms with E-state index in [1.165, 1.54) is 0 Å². The fourth-order valence-corrected chi connectivity index (χ4v) is 0.557. The van der Waals surface area contributed by atoms with E-state index in [4.69, 9.17) is 0 Å². The van der Waals surface area contributed by atoms with Crippen molar-refractivity contribution in [2.24, 2.45) is 0 Å². The highest BCUT2D eigenvalue weighted by Gasteiger charge is 2.06. The molecule has 0 radical (unpaired) electrons. The van der Waals surface area contributed by atoms with Gasteiger partial charge >= 0.3 is 11.7 Å². The molecular formula is C4H7N5O2. The average Bonchev–Trinajstić information content (AvgIpc) is 2.36. The van der Waals surface area contributed by atoms with Crippen molar-refractivity contribution in [3.63, 3.8) is 0 Å². The van der Waals surface area contributed by atoms with E-state index < -0.39 is 11.7 Å². The molecule has 1 rings (SSSR count). The van der Waals surface area contributed by atoms with E-state index >= 15 is 0 Å². The fraction of sp³-hybridized carbons (Fsp3) is 0.500. The van der Waals surface area contributed by atoms with Crippen LogP contribution in [0.3, 0.4) is 0 Å². The van der Waals surface area contributed by atoms with Crippen LogP contribution in [0.2, 0.25) is 0 Å². The van der Waals surface area contributed by atoms with Crippen molar-refractivity contribution in [2.75, 3.05) is 6.54 Å². The summed E-state index contributed by atoms with van der Waals surface area (Å²) in [4.78, 5) is 21.5. The molecule has 7 heteroatoms. The minimum Gasteiger partial charge on any atom is -0.336 e. The highest BCUT2D eigenvalue weighted by atomic mass is 16.2. The molecule has 0 unspecified atom stereocenters. The van der Waals surface area contributed by atoms with Gasteiger partial charge in [0.15, 0.2) is 0 Å². The van der Waals surface area contributed by atoms with Crippen molar-refractivity contribution in [3.05, 3.63) is 10.5 Å². The average molecular weight is 157 g/mol. The predicted octanol–water partition coefficient (Wildman–Crippen LogP) is -1.46. The first-order valence-electron chi connectivity index (χ1n) is 3.04. The molecule has 60 valence electrons. The fourth-order valence-electron chi connectivity index (χ4n) is 0.557. The van der Waals surface area contributed by atoms with Gasteiger partial charge in [0, 0.05) is 6.54 Å². The Morgan fingerprint density at radius 2 is 2.55 bits per heavy atom. The summed E-state index contributed by atoms with van der Waals surface area (Å²) in [6.45, 7) is 2.18. The van der Waals surface area contributed by atoms with Gasteiger partial charge in [0.05, 0.1) is 0 Å². The summed E-state index contributed by atoms with van der Waals surface area (Å²) in [6, 6.07) is -0.578. The highest BCUT2D eigenvalue weighted by molar-refractivity contribution is 5.74. The molecule has 0 aromatic carbocycles. The van der Waals surface area contributed by atoms with Crippen molar-refractivity contribution in [1.82, 2.24) is 25.5 Å². The number of aromatic amines is 1. The number of H-pyrrole nitrogens is 1. The lowest BCUT2D eigenvalue weighted by Gasteiger charge is -1.95. The third kappa shape index (κ3) is 1.42. The zero-order valence-corrected chi connectivity index (χ0v) is 5.87. The van der Waals surface area contributed by atoms with Crippen molar-refractivity contribution in [3.8, 4) is 0 Å². The summed E-state index contributed by atoms with van der Waals surface area (Å²) in [5, 5.41) is 10.7. The number of hydrogen-bond donors (Lipinski definition) is 2. The number of carbonyl (C=O) groups is 1. The van der Waals surface area contributed by atoms with Crippen LogP contribution in [0.5, 0.6) is 0 Å². The lowest BCUT2D eigenvalue weighted by atomic mass is 10.7. The number of hydrogen-bond acceptors (Lipinski definition) is 4. The number of nitrogens with one attached hydrogen (secondary N) is 2. The summed E-state index contributed by atoms with van der Waals surface area (Å²) in [7, 11) is 0. The van der Waals surface area contributed by atoms with Crippen molar-refractivity contribution in [1.29, 1.82) is 0 Å². The molecule has 7 nitrogen and oxygen atoms in total. The topological polar surface area (TPSA) is 92.7 Å². The second-order valence-electron chi connectivity index (χ2n) is 1.75. The van der Waals surface area contributed by atoms with E-state index in [2.05, 4.69) is 15.7 Å². The van der Waals surface area contributed by atoms with E-state index in [-0.39, 0.29) is 0 Å². The molecule has 1 amide bonds. The van der Waals surface area contributed by atoms with E-state index in [0.717, 1.165) is 0 Å². The van der Waals surface area contributed by atoms with Crippen LogP contribution in [0.25, 0.3) is 0 Å². The Balaban J connectivity index is 2.85. The summed E-state index contributed by atoms with van der Waals surface area (Å²) in [5.74, 6) is 0. The maximum Gasteiger partial charge on any atom is 0.369 e. The van der Waals surface area contributed by atoms with Crippen LogP contribution in [-0.2, 0) is 0 Å². The molecular weight excluding hydrogens is 150 g/mol. The minimum absolute atomic E-state index is 0.443. The smallest absolute Gasteiger partial charge is 0.336 e. The predicted molar refractivity (Wildman–Crippen MR) is 35.1 cm³/mol. The number of aromatic nitrogens is 4. The van der Waals surface area contributed by atoms with Gasteiger partial charge in [-0.3, -0.25) is 0 Å². The number of amides is 1. The molecule has 1 aromatic rings. The van der Waals surface area contributed by atoms with E-state index in [0.29, 0.717) is 11.2 Å². The molecule has 0 fully saturated rings. The molecule has 0 saturated heterocycles. The van der Waals surface area contributed by atoms with Crippen LogP contribution in [0.4, 0.5) is 4.79 Å². The molecule has 2 N–H and O–H groups in total. The van der Waals surface area contributed by atoms with Gasteiger partial charge in [-0.05, 0) is 17.4 Å². The zero-order valence-electron chi connectivity index (χ0n) is 5.87. The maximum absolute atomic E-state index is 10.9. The Morgan fingerprint density at radius 1 is 1.82 bits per heavy atom. The zero-order chi connectivity index (χ0) is 8.27. The van der Waals surface area contributed by atoms with Gasteiger partial charge in [0.2, 0.25) is 0 Å². The van der Waals surface area contributed by atoms with Crippen molar-refractivity contribution in [2.45, 2.75) is 6.92 Å². The number of carbonyl (C=O) groups excluding carboxylic acids is 1. The summed E-state index contributed by atoms with van der Waals surface area (Å²) in [6.07, 6.45) is 0. The van der Waals surface area contributed by atoms with Gasteiger partial charge in [0.25, 0.3) is 0 Å².